The van der Waals surface area contributed by atoms with Crippen LogP contribution in [-0.4, -0.2) is 23.1 Å². The third kappa shape index (κ3) is 1.62. The fraction of sp³-hybridized carbons (Fsp3) is 0.250. The SMILES string of the molecule is Clc1ccccc1-c1cnc(C2CNC2)[nH]1. The highest BCUT2D eigenvalue weighted by molar-refractivity contribution is 6.33. The zero-order valence-electron chi connectivity index (χ0n) is 8.70. The summed E-state index contributed by atoms with van der Waals surface area (Å²) < 4.78 is 0. The van der Waals surface area contributed by atoms with Crippen LogP contribution in [0.15, 0.2) is 30.5 Å². The van der Waals surface area contributed by atoms with Crippen molar-refractivity contribution in [3.63, 3.8) is 0 Å². The van der Waals surface area contributed by atoms with Crippen molar-refractivity contribution >= 4 is 11.6 Å². The summed E-state index contributed by atoms with van der Waals surface area (Å²) in [5.41, 5.74) is 2.00. The molecular formula is C12H12ClN3. The molecule has 0 atom stereocenters. The quantitative estimate of drug-likeness (QED) is 0.837. The molecule has 2 heterocycles. The van der Waals surface area contributed by atoms with Gasteiger partial charge in [-0.05, 0) is 6.07 Å². The number of rotatable bonds is 2. The van der Waals surface area contributed by atoms with E-state index in [2.05, 4.69) is 15.3 Å². The summed E-state index contributed by atoms with van der Waals surface area (Å²) in [4.78, 5) is 7.74. The smallest absolute Gasteiger partial charge is 0.112 e. The summed E-state index contributed by atoms with van der Waals surface area (Å²) in [5.74, 6) is 1.57. The van der Waals surface area contributed by atoms with Gasteiger partial charge in [0.1, 0.15) is 5.82 Å². The van der Waals surface area contributed by atoms with Crippen LogP contribution in [0.1, 0.15) is 11.7 Å². The standard InChI is InChI=1S/C12H12ClN3/c13-10-4-2-1-3-9(10)11-7-15-12(16-11)8-5-14-6-8/h1-4,7-8,14H,5-6H2,(H,15,16). The number of aromatic amines is 1. The molecule has 0 amide bonds. The molecule has 0 aliphatic carbocycles. The molecule has 82 valence electrons. The fourth-order valence-corrected chi connectivity index (χ4v) is 2.08. The van der Waals surface area contributed by atoms with Gasteiger partial charge in [0.05, 0.1) is 11.9 Å². The highest BCUT2D eigenvalue weighted by Crippen LogP contribution is 2.27. The van der Waals surface area contributed by atoms with Gasteiger partial charge in [-0.1, -0.05) is 29.8 Å². The second kappa shape index (κ2) is 3.92. The van der Waals surface area contributed by atoms with E-state index in [1.807, 2.05) is 30.5 Å². The Balaban J connectivity index is 1.95. The van der Waals surface area contributed by atoms with Crippen LogP contribution in [0.25, 0.3) is 11.3 Å². The molecule has 3 rings (SSSR count). The number of aromatic nitrogens is 2. The van der Waals surface area contributed by atoms with E-state index in [4.69, 9.17) is 11.6 Å². The van der Waals surface area contributed by atoms with Gasteiger partial charge >= 0.3 is 0 Å². The largest absolute Gasteiger partial charge is 0.342 e. The number of H-pyrrole nitrogens is 1. The van der Waals surface area contributed by atoms with E-state index in [0.717, 1.165) is 35.2 Å². The molecule has 1 fully saturated rings. The van der Waals surface area contributed by atoms with Crippen molar-refractivity contribution in [3.8, 4) is 11.3 Å². The van der Waals surface area contributed by atoms with Gasteiger partial charge in [-0.25, -0.2) is 4.98 Å². The first-order valence-corrected chi connectivity index (χ1v) is 5.73. The van der Waals surface area contributed by atoms with Gasteiger partial charge in [-0.2, -0.15) is 0 Å². The second-order valence-electron chi connectivity index (χ2n) is 4.02. The first-order chi connectivity index (χ1) is 7.84. The van der Waals surface area contributed by atoms with Gasteiger partial charge in [-0.15, -0.1) is 0 Å². The average Bonchev–Trinajstić information content (AvgIpc) is 2.65. The molecule has 1 aliphatic rings. The van der Waals surface area contributed by atoms with Crippen molar-refractivity contribution in [2.24, 2.45) is 0 Å². The lowest BCUT2D eigenvalue weighted by Gasteiger charge is -2.24. The van der Waals surface area contributed by atoms with E-state index in [9.17, 15) is 0 Å². The maximum absolute atomic E-state index is 6.14. The lowest BCUT2D eigenvalue weighted by atomic mass is 10.0. The summed E-state index contributed by atoms with van der Waals surface area (Å²) in [5, 5.41) is 3.99. The molecule has 0 saturated carbocycles. The van der Waals surface area contributed by atoms with Crippen LogP contribution in [0.5, 0.6) is 0 Å². The molecule has 0 radical (unpaired) electrons. The molecule has 4 heteroatoms. The number of hydrogen-bond donors (Lipinski definition) is 2. The normalized spacial score (nSPS) is 16.1. The Morgan fingerprint density at radius 3 is 2.75 bits per heavy atom. The molecule has 1 saturated heterocycles. The predicted octanol–water partition coefficient (Wildman–Crippen LogP) is 2.42. The van der Waals surface area contributed by atoms with Crippen molar-refractivity contribution in [1.29, 1.82) is 0 Å². The Bertz CT molecular complexity index is 502. The minimum Gasteiger partial charge on any atom is -0.342 e. The Labute approximate surface area is 98.9 Å². The molecule has 0 spiro atoms. The van der Waals surface area contributed by atoms with Crippen molar-refractivity contribution in [2.75, 3.05) is 13.1 Å². The Hall–Kier alpha value is -1.32. The van der Waals surface area contributed by atoms with E-state index in [1.54, 1.807) is 0 Å². The van der Waals surface area contributed by atoms with Gasteiger partial charge in [0.15, 0.2) is 0 Å². The molecule has 0 bridgehead atoms. The number of nitrogens with zero attached hydrogens (tertiary/aromatic N) is 1. The first-order valence-electron chi connectivity index (χ1n) is 5.35. The molecule has 16 heavy (non-hydrogen) atoms. The number of benzene rings is 1. The highest BCUT2D eigenvalue weighted by Gasteiger charge is 2.22. The molecule has 1 aromatic heterocycles. The average molecular weight is 234 g/mol. The van der Waals surface area contributed by atoms with Gasteiger partial charge < -0.3 is 10.3 Å². The van der Waals surface area contributed by atoms with Gasteiger partial charge in [0.2, 0.25) is 0 Å². The summed E-state index contributed by atoms with van der Waals surface area (Å²) in [6, 6.07) is 7.80. The Morgan fingerprint density at radius 1 is 1.25 bits per heavy atom. The molecule has 3 nitrogen and oxygen atoms in total. The van der Waals surface area contributed by atoms with Crippen LogP contribution in [0.3, 0.4) is 0 Å². The Morgan fingerprint density at radius 2 is 2.06 bits per heavy atom. The minimum atomic E-state index is 0.524. The molecule has 2 aromatic rings. The van der Waals surface area contributed by atoms with Gasteiger partial charge in [-0.3, -0.25) is 0 Å². The van der Waals surface area contributed by atoms with E-state index in [0.29, 0.717) is 5.92 Å². The van der Waals surface area contributed by atoms with E-state index in [-0.39, 0.29) is 0 Å². The minimum absolute atomic E-state index is 0.524. The summed E-state index contributed by atoms with van der Waals surface area (Å²) in [6.07, 6.45) is 1.86. The number of imidazole rings is 1. The first kappa shape index (κ1) is 9.87. The maximum atomic E-state index is 6.14. The number of nitrogens with one attached hydrogen (secondary N) is 2. The van der Waals surface area contributed by atoms with Crippen LogP contribution in [0.2, 0.25) is 5.02 Å². The number of halogens is 1. The lowest BCUT2D eigenvalue weighted by Crippen LogP contribution is -2.40. The zero-order valence-corrected chi connectivity index (χ0v) is 9.46. The van der Waals surface area contributed by atoms with Crippen LogP contribution >= 0.6 is 11.6 Å². The fourth-order valence-electron chi connectivity index (χ4n) is 1.84. The summed E-state index contributed by atoms with van der Waals surface area (Å²) in [6.45, 7) is 2.02. The van der Waals surface area contributed by atoms with E-state index < -0.39 is 0 Å². The molecule has 1 aromatic carbocycles. The third-order valence-electron chi connectivity index (χ3n) is 2.93. The molecule has 1 aliphatic heterocycles. The monoisotopic (exact) mass is 233 g/mol. The predicted molar refractivity (Wildman–Crippen MR) is 64.6 cm³/mol. The van der Waals surface area contributed by atoms with Crippen LogP contribution in [-0.2, 0) is 0 Å². The van der Waals surface area contributed by atoms with Crippen molar-refractivity contribution in [3.05, 3.63) is 41.3 Å². The zero-order chi connectivity index (χ0) is 11.0. The van der Waals surface area contributed by atoms with Crippen LogP contribution in [0, 0.1) is 0 Å². The summed E-state index contributed by atoms with van der Waals surface area (Å²) >= 11 is 6.14. The van der Waals surface area contributed by atoms with Crippen molar-refractivity contribution in [1.82, 2.24) is 15.3 Å². The van der Waals surface area contributed by atoms with Crippen molar-refractivity contribution in [2.45, 2.75) is 5.92 Å². The van der Waals surface area contributed by atoms with E-state index in [1.165, 1.54) is 0 Å². The lowest BCUT2D eigenvalue weighted by molar-refractivity contribution is 0.433. The van der Waals surface area contributed by atoms with Crippen LogP contribution in [0.4, 0.5) is 0 Å². The van der Waals surface area contributed by atoms with Gasteiger partial charge in [0, 0.05) is 29.6 Å². The Kier molecular flexibility index (Phi) is 2.42. The molecule has 0 unspecified atom stereocenters. The molecular weight excluding hydrogens is 222 g/mol. The summed E-state index contributed by atoms with van der Waals surface area (Å²) in [7, 11) is 0. The highest BCUT2D eigenvalue weighted by atomic mass is 35.5. The number of hydrogen-bond acceptors (Lipinski definition) is 2. The second-order valence-corrected chi connectivity index (χ2v) is 4.42. The molecule has 2 N–H and O–H groups in total. The third-order valence-corrected chi connectivity index (χ3v) is 3.26. The topological polar surface area (TPSA) is 40.7 Å². The van der Waals surface area contributed by atoms with E-state index >= 15 is 0 Å². The maximum Gasteiger partial charge on any atom is 0.112 e. The van der Waals surface area contributed by atoms with Crippen LogP contribution < -0.4 is 5.32 Å². The van der Waals surface area contributed by atoms with Gasteiger partial charge in [0.25, 0.3) is 0 Å². The van der Waals surface area contributed by atoms with Crippen molar-refractivity contribution < 1.29 is 0 Å².